The summed E-state index contributed by atoms with van der Waals surface area (Å²) in [4.78, 5) is 15.4. The van der Waals surface area contributed by atoms with Gasteiger partial charge in [0.15, 0.2) is 0 Å². The molecule has 1 aromatic carbocycles. The molecule has 0 unspecified atom stereocenters. The van der Waals surface area contributed by atoms with E-state index in [0.717, 1.165) is 30.5 Å². The lowest BCUT2D eigenvalue weighted by atomic mass is 9.89. The maximum Gasteiger partial charge on any atom is 0.228 e. The summed E-state index contributed by atoms with van der Waals surface area (Å²) in [5.74, 6) is 0.339. The number of nitrogens with one attached hydrogen (secondary N) is 1. The third-order valence-electron chi connectivity index (χ3n) is 5.29. The van der Waals surface area contributed by atoms with Crippen LogP contribution in [0.25, 0.3) is 0 Å². The van der Waals surface area contributed by atoms with E-state index in [1.807, 2.05) is 36.5 Å². The van der Waals surface area contributed by atoms with Crippen molar-refractivity contribution < 1.29 is 4.79 Å². The van der Waals surface area contributed by atoms with Crippen molar-refractivity contribution in [2.45, 2.75) is 31.3 Å². The average molecular weight is 430 g/mol. The van der Waals surface area contributed by atoms with E-state index in [1.54, 1.807) is 10.7 Å². The summed E-state index contributed by atoms with van der Waals surface area (Å²) in [6.07, 6.45) is 6.03. The van der Waals surface area contributed by atoms with Gasteiger partial charge in [0.2, 0.25) is 5.91 Å². The number of benzene rings is 1. The summed E-state index contributed by atoms with van der Waals surface area (Å²) < 4.78 is 1.80. The quantitative estimate of drug-likeness (QED) is 0.789. The van der Waals surface area contributed by atoms with Gasteiger partial charge in [-0.1, -0.05) is 29.3 Å². The van der Waals surface area contributed by atoms with Gasteiger partial charge in [0, 0.05) is 44.8 Å². The molecule has 27 heavy (non-hydrogen) atoms. The molecule has 0 spiro atoms. The molecule has 1 aliphatic heterocycles. The van der Waals surface area contributed by atoms with Gasteiger partial charge in [0.25, 0.3) is 0 Å². The SMILES string of the molecule is Cl.Cn1cc([C@H]2CNC[C@@H]2C(=O)N(Cc2ccc(Cl)c(Cl)c2)C2CC2)cn1. The third-order valence-corrected chi connectivity index (χ3v) is 6.03. The molecule has 2 fully saturated rings. The monoisotopic (exact) mass is 428 g/mol. The van der Waals surface area contributed by atoms with Crippen LogP contribution >= 0.6 is 35.6 Å². The molecule has 2 aliphatic rings. The highest BCUT2D eigenvalue weighted by molar-refractivity contribution is 6.42. The standard InChI is InChI=1S/C19H22Cl2N4O.ClH/c1-24-11-13(7-23-24)15-8-22-9-16(15)19(26)25(14-3-4-14)10-12-2-5-17(20)18(21)6-12;/h2,5-7,11,14-16,22H,3-4,8-10H2,1H3;1H/t15-,16+;/m1./s1. The Kier molecular flexibility index (Phi) is 6.36. The molecule has 0 radical (unpaired) electrons. The second-order valence-corrected chi connectivity index (χ2v) is 8.08. The summed E-state index contributed by atoms with van der Waals surface area (Å²) >= 11 is 12.2. The van der Waals surface area contributed by atoms with Crippen LogP contribution < -0.4 is 5.32 Å². The van der Waals surface area contributed by atoms with E-state index < -0.39 is 0 Å². The predicted molar refractivity (Wildman–Crippen MR) is 110 cm³/mol. The summed E-state index contributed by atoms with van der Waals surface area (Å²) in [5.41, 5.74) is 2.14. The third kappa shape index (κ3) is 4.43. The number of amides is 1. The van der Waals surface area contributed by atoms with E-state index in [2.05, 4.69) is 10.4 Å². The predicted octanol–water partition coefficient (Wildman–Crippen LogP) is 3.64. The number of carbonyl (C=O) groups excluding carboxylic acids is 1. The minimum Gasteiger partial charge on any atom is -0.335 e. The lowest BCUT2D eigenvalue weighted by Crippen LogP contribution is -2.39. The van der Waals surface area contributed by atoms with E-state index in [9.17, 15) is 4.79 Å². The molecule has 1 aliphatic carbocycles. The van der Waals surface area contributed by atoms with Crippen LogP contribution in [-0.4, -0.2) is 39.7 Å². The lowest BCUT2D eigenvalue weighted by Gasteiger charge is -2.28. The van der Waals surface area contributed by atoms with E-state index in [4.69, 9.17) is 23.2 Å². The van der Waals surface area contributed by atoms with Gasteiger partial charge in [-0.2, -0.15) is 5.10 Å². The summed E-state index contributed by atoms with van der Waals surface area (Å²) in [6, 6.07) is 5.94. The Morgan fingerprint density at radius 1 is 1.30 bits per heavy atom. The van der Waals surface area contributed by atoms with Crippen molar-refractivity contribution in [1.82, 2.24) is 20.0 Å². The molecule has 1 aromatic heterocycles. The van der Waals surface area contributed by atoms with Crippen LogP contribution in [0.15, 0.2) is 30.6 Å². The van der Waals surface area contributed by atoms with Gasteiger partial charge in [0.1, 0.15) is 0 Å². The Balaban J connectivity index is 0.00000210. The molecule has 2 atom stereocenters. The van der Waals surface area contributed by atoms with Crippen molar-refractivity contribution in [1.29, 1.82) is 0 Å². The Bertz CT molecular complexity index is 821. The molecular formula is C19H23Cl3N4O. The zero-order valence-corrected chi connectivity index (χ0v) is 17.4. The Hall–Kier alpha value is -1.27. The zero-order valence-electron chi connectivity index (χ0n) is 15.1. The number of aromatic nitrogens is 2. The number of halogens is 3. The first-order valence-electron chi connectivity index (χ1n) is 8.96. The molecule has 146 valence electrons. The van der Waals surface area contributed by atoms with Crippen LogP contribution in [0.2, 0.25) is 10.0 Å². The van der Waals surface area contributed by atoms with E-state index in [0.29, 0.717) is 29.2 Å². The molecule has 1 saturated heterocycles. The number of carbonyl (C=O) groups is 1. The maximum absolute atomic E-state index is 13.4. The fraction of sp³-hybridized carbons (Fsp3) is 0.474. The van der Waals surface area contributed by atoms with Gasteiger partial charge < -0.3 is 10.2 Å². The Morgan fingerprint density at radius 2 is 2.07 bits per heavy atom. The summed E-state index contributed by atoms with van der Waals surface area (Å²) in [6.45, 7) is 2.10. The molecule has 2 heterocycles. The van der Waals surface area contributed by atoms with Crippen LogP contribution in [0.1, 0.15) is 29.9 Å². The minimum absolute atomic E-state index is 0. The first-order valence-corrected chi connectivity index (χ1v) is 9.72. The smallest absolute Gasteiger partial charge is 0.228 e. The summed E-state index contributed by atoms with van der Waals surface area (Å²) in [7, 11) is 1.91. The number of rotatable bonds is 5. The second kappa shape index (κ2) is 8.39. The van der Waals surface area contributed by atoms with Gasteiger partial charge in [-0.15, -0.1) is 12.4 Å². The molecule has 1 amide bonds. The van der Waals surface area contributed by atoms with Crippen molar-refractivity contribution in [3.8, 4) is 0 Å². The molecule has 2 aromatic rings. The molecule has 8 heteroatoms. The Morgan fingerprint density at radius 3 is 2.70 bits per heavy atom. The first kappa shape index (κ1) is 20.5. The van der Waals surface area contributed by atoms with Crippen molar-refractivity contribution in [2.75, 3.05) is 13.1 Å². The van der Waals surface area contributed by atoms with Crippen LogP contribution in [0.4, 0.5) is 0 Å². The maximum atomic E-state index is 13.4. The van der Waals surface area contributed by atoms with Gasteiger partial charge in [-0.3, -0.25) is 9.48 Å². The van der Waals surface area contributed by atoms with E-state index in [1.165, 1.54) is 0 Å². The van der Waals surface area contributed by atoms with Gasteiger partial charge >= 0.3 is 0 Å². The molecule has 1 N–H and O–H groups in total. The average Bonchev–Trinajstić information content (AvgIpc) is 3.17. The highest BCUT2D eigenvalue weighted by Crippen LogP contribution is 2.35. The van der Waals surface area contributed by atoms with Gasteiger partial charge in [-0.05, 0) is 36.1 Å². The van der Waals surface area contributed by atoms with E-state index >= 15 is 0 Å². The largest absolute Gasteiger partial charge is 0.335 e. The fourth-order valence-corrected chi connectivity index (χ4v) is 4.06. The highest BCUT2D eigenvalue weighted by atomic mass is 35.5. The number of aryl methyl sites for hydroxylation is 1. The topological polar surface area (TPSA) is 50.2 Å². The van der Waals surface area contributed by atoms with Crippen molar-refractivity contribution in [2.24, 2.45) is 13.0 Å². The van der Waals surface area contributed by atoms with Gasteiger partial charge in [0.05, 0.1) is 22.2 Å². The fourth-order valence-electron chi connectivity index (χ4n) is 3.74. The lowest BCUT2D eigenvalue weighted by molar-refractivity contribution is -0.136. The molecule has 0 bridgehead atoms. The zero-order chi connectivity index (χ0) is 18.3. The summed E-state index contributed by atoms with van der Waals surface area (Å²) in [5, 5.41) is 8.72. The molecule has 1 saturated carbocycles. The normalized spacial score (nSPS) is 21.7. The van der Waals surface area contributed by atoms with Crippen LogP contribution in [0.5, 0.6) is 0 Å². The first-order chi connectivity index (χ1) is 12.5. The van der Waals surface area contributed by atoms with Crippen molar-refractivity contribution in [3.05, 3.63) is 51.8 Å². The number of nitrogens with zero attached hydrogens (tertiary/aromatic N) is 3. The van der Waals surface area contributed by atoms with Gasteiger partial charge in [-0.25, -0.2) is 0 Å². The molecular weight excluding hydrogens is 407 g/mol. The van der Waals surface area contributed by atoms with E-state index in [-0.39, 0.29) is 30.2 Å². The van der Waals surface area contributed by atoms with Crippen LogP contribution in [0.3, 0.4) is 0 Å². The molecule has 5 nitrogen and oxygen atoms in total. The molecule has 4 rings (SSSR count). The van der Waals surface area contributed by atoms with Crippen molar-refractivity contribution >= 4 is 41.5 Å². The van der Waals surface area contributed by atoms with Crippen LogP contribution in [0, 0.1) is 5.92 Å². The van der Waals surface area contributed by atoms with Crippen molar-refractivity contribution in [3.63, 3.8) is 0 Å². The number of hydrogen-bond acceptors (Lipinski definition) is 3. The van der Waals surface area contributed by atoms with Crippen LogP contribution in [-0.2, 0) is 18.4 Å². The second-order valence-electron chi connectivity index (χ2n) is 7.26. The minimum atomic E-state index is -0.0532. The Labute approximate surface area is 175 Å². The highest BCUT2D eigenvalue weighted by Gasteiger charge is 2.41. The number of hydrogen-bond donors (Lipinski definition) is 1.